The molecule has 2 N–H and O–H groups in total. The van der Waals surface area contributed by atoms with Crippen molar-refractivity contribution in [1.29, 1.82) is 0 Å². The molecule has 12 heteroatoms. The van der Waals surface area contributed by atoms with Gasteiger partial charge >= 0.3 is 5.97 Å². The number of carbonyl (C=O) groups excluding carboxylic acids is 4. The number of aliphatic hydroxyl groups excluding tert-OH is 1. The Morgan fingerprint density at radius 1 is 1.02 bits per heavy atom. The van der Waals surface area contributed by atoms with E-state index < -0.39 is 60.1 Å². The number of hydrogen-bond donors (Lipinski definition) is 2. The molecular weight excluding hydrogens is 654 g/mol. The zero-order valence-electron chi connectivity index (χ0n) is 23.6. The second-order valence-corrected chi connectivity index (χ2v) is 12.5. The zero-order valence-corrected chi connectivity index (χ0v) is 25.9. The Labute approximate surface area is 267 Å². The van der Waals surface area contributed by atoms with Crippen molar-refractivity contribution in [2.45, 2.75) is 36.7 Å². The average molecular weight is 685 g/mol. The molecule has 6 rings (SSSR count). The summed E-state index contributed by atoms with van der Waals surface area (Å²) in [4.78, 5) is 58.3. The van der Waals surface area contributed by atoms with Crippen LogP contribution in [0.5, 0.6) is 0 Å². The Hall–Kier alpha value is -3.51. The van der Waals surface area contributed by atoms with Crippen molar-refractivity contribution in [3.63, 3.8) is 0 Å². The number of nitrogens with zero attached hydrogens (tertiary/aromatic N) is 2. The predicted molar refractivity (Wildman–Crippen MR) is 165 cm³/mol. The first kappa shape index (κ1) is 30.5. The number of carbonyl (C=O) groups is 4. The number of para-hydroxylation sites is 1. The number of nitrogens with one attached hydrogen (secondary N) is 1. The van der Waals surface area contributed by atoms with Gasteiger partial charge in [-0.1, -0.05) is 82.1 Å². The van der Waals surface area contributed by atoms with Crippen LogP contribution in [0.15, 0.2) is 77.3 Å². The largest absolute Gasteiger partial charge is 0.455 e. The molecule has 10 nitrogen and oxygen atoms in total. The number of halogens is 2. The minimum absolute atomic E-state index is 0.0370. The SMILES string of the molecule is O=C1CC/C=C\CN(c2ccccc2Cl)C(=O)[C@H]2N(CCO)C(=O)[C@@H]3[C@@H](C(=O)O[C@@H](c4ccccc4)CN1)[C@@H]1O[C@@]32C=C1Br. The standard InChI is InChI=1S/C32H31BrClN3O7/c33-20-17-32-26-25(27(20)44-32)31(42)43-23(19-9-3-1-4-10-19)18-35-24(39)13-5-2-8-14-36(22-12-7-6-11-21(22)34)30(41)28(32)37(15-16-38)29(26)40/h1-4,6-12,17,23,25-28,38H,5,13-16,18H2,(H,35,39)/b8-2-/t23-,25-,26+,27-,28-,32+/m1/s1. The van der Waals surface area contributed by atoms with Crippen LogP contribution < -0.4 is 10.2 Å². The van der Waals surface area contributed by atoms with E-state index in [1.807, 2.05) is 18.2 Å². The summed E-state index contributed by atoms with van der Waals surface area (Å²) < 4.78 is 13.0. The van der Waals surface area contributed by atoms with Crippen molar-refractivity contribution in [1.82, 2.24) is 10.2 Å². The highest BCUT2D eigenvalue weighted by Crippen LogP contribution is 2.59. The molecule has 2 saturated heterocycles. The molecule has 2 aromatic rings. The van der Waals surface area contributed by atoms with Gasteiger partial charge in [0, 0.05) is 24.0 Å². The Balaban J connectivity index is 1.45. The summed E-state index contributed by atoms with van der Waals surface area (Å²) >= 11 is 10.1. The molecule has 3 amide bonds. The molecule has 0 aromatic heterocycles. The molecule has 230 valence electrons. The molecule has 0 unspecified atom stereocenters. The quantitative estimate of drug-likeness (QED) is 0.374. The second-order valence-electron chi connectivity index (χ2n) is 11.1. The number of benzene rings is 2. The first-order valence-corrected chi connectivity index (χ1v) is 15.6. The third kappa shape index (κ3) is 5.25. The Bertz CT molecular complexity index is 1530. The summed E-state index contributed by atoms with van der Waals surface area (Å²) in [6, 6.07) is 14.7. The number of esters is 1. The van der Waals surface area contributed by atoms with Gasteiger partial charge in [-0.2, -0.15) is 0 Å². The number of β-amino-alcohol motifs (C(OH)–C–C–N with tert-alkyl or cyclic N) is 1. The van der Waals surface area contributed by atoms with Gasteiger partial charge in [-0.3, -0.25) is 19.2 Å². The molecule has 6 atom stereocenters. The predicted octanol–water partition coefficient (Wildman–Crippen LogP) is 3.29. The van der Waals surface area contributed by atoms with E-state index in [4.69, 9.17) is 21.1 Å². The van der Waals surface area contributed by atoms with E-state index in [2.05, 4.69) is 21.2 Å². The summed E-state index contributed by atoms with van der Waals surface area (Å²) in [6.45, 7) is -0.406. The number of hydrogen-bond acceptors (Lipinski definition) is 7. The van der Waals surface area contributed by atoms with Gasteiger partial charge in [0.05, 0.1) is 29.8 Å². The van der Waals surface area contributed by atoms with Crippen LogP contribution in [0.4, 0.5) is 5.69 Å². The first-order valence-electron chi connectivity index (χ1n) is 14.5. The summed E-state index contributed by atoms with van der Waals surface area (Å²) in [5.41, 5.74) is -0.395. The van der Waals surface area contributed by atoms with Crippen LogP contribution in [-0.4, -0.2) is 77.7 Å². The molecule has 4 aliphatic rings. The van der Waals surface area contributed by atoms with Crippen LogP contribution in [0, 0.1) is 11.8 Å². The maximum Gasteiger partial charge on any atom is 0.313 e. The van der Waals surface area contributed by atoms with Crippen LogP contribution in [0.2, 0.25) is 5.02 Å². The Morgan fingerprint density at radius 2 is 1.77 bits per heavy atom. The smallest absolute Gasteiger partial charge is 0.313 e. The average Bonchev–Trinajstić information content (AvgIpc) is 3.61. The lowest BCUT2D eigenvalue weighted by Crippen LogP contribution is -2.56. The second kappa shape index (κ2) is 12.5. The van der Waals surface area contributed by atoms with E-state index in [1.54, 1.807) is 54.6 Å². The minimum atomic E-state index is -1.50. The number of cyclic esters (lactones) is 1. The van der Waals surface area contributed by atoms with Gasteiger partial charge < -0.3 is 29.7 Å². The Morgan fingerprint density at radius 3 is 2.52 bits per heavy atom. The van der Waals surface area contributed by atoms with Gasteiger partial charge in [0.25, 0.3) is 5.91 Å². The van der Waals surface area contributed by atoms with E-state index in [0.717, 1.165) is 0 Å². The summed E-state index contributed by atoms with van der Waals surface area (Å²) in [5, 5.41) is 13.1. The molecule has 2 fully saturated rings. The van der Waals surface area contributed by atoms with Gasteiger partial charge in [-0.15, -0.1) is 0 Å². The number of anilines is 1. The highest BCUT2D eigenvalue weighted by molar-refractivity contribution is 9.11. The van der Waals surface area contributed by atoms with Gasteiger partial charge in [-0.25, -0.2) is 0 Å². The minimum Gasteiger partial charge on any atom is -0.455 e. The fourth-order valence-electron chi connectivity index (χ4n) is 6.66. The number of aliphatic hydroxyl groups is 1. The number of ether oxygens (including phenoxy) is 2. The lowest BCUT2D eigenvalue weighted by Gasteiger charge is -2.35. The first-order chi connectivity index (χ1) is 21.3. The van der Waals surface area contributed by atoms with Crippen molar-refractivity contribution >= 4 is 56.9 Å². The molecule has 44 heavy (non-hydrogen) atoms. The normalized spacial score (nSPS) is 31.4. The van der Waals surface area contributed by atoms with Crippen LogP contribution in [0.25, 0.3) is 0 Å². The lowest BCUT2D eigenvalue weighted by molar-refractivity contribution is -0.159. The molecular formula is C32H31BrClN3O7. The molecule has 1 spiro atoms. The Kier molecular flexibility index (Phi) is 8.65. The van der Waals surface area contributed by atoms with Crippen molar-refractivity contribution in [3.05, 3.63) is 87.9 Å². The number of fused-ring (bicyclic) bond motifs is 2. The number of rotatable bonds is 4. The van der Waals surface area contributed by atoms with Gasteiger partial charge in [0.1, 0.15) is 29.8 Å². The number of allylic oxidation sites excluding steroid dienone is 1. The molecule has 0 saturated carbocycles. The van der Waals surface area contributed by atoms with Gasteiger partial charge in [0.15, 0.2) is 0 Å². The molecule has 0 aliphatic carbocycles. The molecule has 4 aliphatic heterocycles. The van der Waals surface area contributed by atoms with Gasteiger partial charge in [0.2, 0.25) is 11.8 Å². The van der Waals surface area contributed by atoms with Crippen molar-refractivity contribution in [2.75, 3.05) is 31.1 Å². The highest BCUT2D eigenvalue weighted by atomic mass is 79.9. The van der Waals surface area contributed by atoms with Crippen molar-refractivity contribution in [3.8, 4) is 0 Å². The fourth-order valence-corrected chi connectivity index (χ4v) is 7.63. The zero-order chi connectivity index (χ0) is 31.0. The van der Waals surface area contributed by atoms with Crippen LogP contribution in [0.3, 0.4) is 0 Å². The summed E-state index contributed by atoms with van der Waals surface area (Å²) in [5.74, 6) is -4.04. The molecule has 5 bridgehead atoms. The third-order valence-electron chi connectivity index (χ3n) is 8.59. The van der Waals surface area contributed by atoms with Crippen LogP contribution >= 0.6 is 27.5 Å². The van der Waals surface area contributed by atoms with E-state index >= 15 is 0 Å². The monoisotopic (exact) mass is 683 g/mol. The van der Waals surface area contributed by atoms with E-state index in [1.165, 1.54) is 9.80 Å². The number of amides is 3. The molecule has 2 aromatic carbocycles. The van der Waals surface area contributed by atoms with E-state index in [9.17, 15) is 24.3 Å². The van der Waals surface area contributed by atoms with Crippen LogP contribution in [0.1, 0.15) is 24.5 Å². The maximum absolute atomic E-state index is 14.6. The van der Waals surface area contributed by atoms with Crippen molar-refractivity contribution in [2.24, 2.45) is 11.8 Å². The summed E-state index contributed by atoms with van der Waals surface area (Å²) in [6.07, 6.45) is 4.19. The van der Waals surface area contributed by atoms with E-state index in [-0.39, 0.29) is 32.0 Å². The molecule has 4 heterocycles. The lowest BCUT2D eigenvalue weighted by atomic mass is 9.74. The highest BCUT2D eigenvalue weighted by Gasteiger charge is 2.75. The maximum atomic E-state index is 14.6. The van der Waals surface area contributed by atoms with Crippen molar-refractivity contribution < 1.29 is 33.8 Å². The molecule has 0 radical (unpaired) electrons. The topological polar surface area (TPSA) is 125 Å². The fraction of sp³-hybridized carbons (Fsp3) is 0.375. The van der Waals surface area contributed by atoms with E-state index in [0.29, 0.717) is 27.2 Å². The van der Waals surface area contributed by atoms with Gasteiger partial charge in [-0.05, 0) is 30.2 Å². The van der Waals surface area contributed by atoms with Crippen LogP contribution in [-0.2, 0) is 28.7 Å². The number of likely N-dealkylation sites (tertiary alicyclic amines) is 1. The summed E-state index contributed by atoms with van der Waals surface area (Å²) in [7, 11) is 0. The third-order valence-corrected chi connectivity index (χ3v) is 9.59.